The fourth-order valence-electron chi connectivity index (χ4n) is 2.17. The lowest BCUT2D eigenvalue weighted by atomic mass is 10.1. The number of carboxylic acids is 1. The monoisotopic (exact) mass is 283 g/mol. The smallest absolute Gasteiger partial charge is 0.307 e. The van der Waals surface area contributed by atoms with Crippen LogP contribution < -0.4 is 0 Å². The average molecular weight is 283 g/mol. The number of hydrogen-bond donors (Lipinski definition) is 1. The average Bonchev–Trinajstić information content (AvgIpc) is 2.82. The van der Waals surface area contributed by atoms with Crippen LogP contribution in [0.4, 0.5) is 0 Å². The number of carboxylic acid groups (broad SMARTS) is 1. The first-order valence-corrected chi connectivity index (χ1v) is 7.56. The molecular weight excluding hydrogens is 266 g/mol. The first kappa shape index (κ1) is 14.0. The van der Waals surface area contributed by atoms with Gasteiger partial charge >= 0.3 is 5.97 Å². The Labute approximate surface area is 112 Å². The van der Waals surface area contributed by atoms with E-state index < -0.39 is 21.9 Å². The molecule has 1 aromatic rings. The maximum absolute atomic E-state index is 12.4. The van der Waals surface area contributed by atoms with Crippen molar-refractivity contribution in [1.29, 1.82) is 0 Å². The Kier molecular flexibility index (Phi) is 3.64. The molecule has 1 aliphatic heterocycles. The second kappa shape index (κ2) is 4.94. The molecule has 0 aromatic heterocycles. The molecular formula is C13H17NO4S. The standard InChI is InChI=1S/C13H17NO4S/c1-9-3-4-12(7-10(9)2)19(17,18)14-6-5-11(8-14)13(15)16/h3-4,7,11H,5-6,8H2,1-2H3,(H,15,16)/t11-/m1/s1. The molecule has 1 aromatic carbocycles. The maximum atomic E-state index is 12.4. The number of benzene rings is 1. The SMILES string of the molecule is Cc1ccc(S(=O)(=O)N2CC[C@@H](C(=O)O)C2)cc1C. The fraction of sp³-hybridized carbons (Fsp3) is 0.462. The van der Waals surface area contributed by atoms with E-state index in [-0.39, 0.29) is 18.0 Å². The minimum absolute atomic E-state index is 0.0601. The van der Waals surface area contributed by atoms with Gasteiger partial charge in [0.2, 0.25) is 10.0 Å². The molecule has 6 heteroatoms. The van der Waals surface area contributed by atoms with Crippen molar-refractivity contribution in [3.8, 4) is 0 Å². The summed E-state index contributed by atoms with van der Waals surface area (Å²) in [4.78, 5) is 11.1. The van der Waals surface area contributed by atoms with Gasteiger partial charge in [-0.2, -0.15) is 4.31 Å². The third-order valence-electron chi connectivity index (χ3n) is 3.62. The van der Waals surface area contributed by atoms with Crippen LogP contribution in [0.1, 0.15) is 17.5 Å². The lowest BCUT2D eigenvalue weighted by Gasteiger charge is -2.16. The summed E-state index contributed by atoms with van der Waals surface area (Å²) in [6.07, 6.45) is 0.374. The molecule has 1 atom stereocenters. The Bertz CT molecular complexity index is 609. The van der Waals surface area contributed by atoms with Gasteiger partial charge in [-0.3, -0.25) is 4.79 Å². The van der Waals surface area contributed by atoms with Gasteiger partial charge in [-0.1, -0.05) is 6.07 Å². The molecule has 0 spiro atoms. The van der Waals surface area contributed by atoms with Gasteiger partial charge in [0.05, 0.1) is 10.8 Å². The highest BCUT2D eigenvalue weighted by Crippen LogP contribution is 2.25. The summed E-state index contributed by atoms with van der Waals surface area (Å²) in [6, 6.07) is 4.98. The highest BCUT2D eigenvalue weighted by molar-refractivity contribution is 7.89. The van der Waals surface area contributed by atoms with Crippen LogP contribution in [0.25, 0.3) is 0 Å². The number of nitrogens with zero attached hydrogens (tertiary/aromatic N) is 1. The van der Waals surface area contributed by atoms with Crippen LogP contribution in [0.15, 0.2) is 23.1 Å². The first-order valence-electron chi connectivity index (χ1n) is 6.12. The molecule has 1 aliphatic rings. The molecule has 1 fully saturated rings. The van der Waals surface area contributed by atoms with Gasteiger partial charge in [-0.25, -0.2) is 8.42 Å². The van der Waals surface area contributed by atoms with Crippen LogP contribution >= 0.6 is 0 Å². The zero-order valence-electron chi connectivity index (χ0n) is 11.0. The minimum Gasteiger partial charge on any atom is -0.481 e. The summed E-state index contributed by atoms with van der Waals surface area (Å²) in [6.45, 7) is 4.11. The Morgan fingerprint density at radius 2 is 2.00 bits per heavy atom. The number of carbonyl (C=O) groups is 1. The van der Waals surface area contributed by atoms with Crippen LogP contribution in [0, 0.1) is 19.8 Å². The molecule has 0 bridgehead atoms. The summed E-state index contributed by atoms with van der Waals surface area (Å²) < 4.78 is 26.1. The number of sulfonamides is 1. The first-order chi connectivity index (χ1) is 8.82. The molecule has 0 radical (unpaired) electrons. The summed E-state index contributed by atoms with van der Waals surface area (Å²) in [5.74, 6) is -1.53. The van der Waals surface area contributed by atoms with Crippen molar-refractivity contribution in [1.82, 2.24) is 4.31 Å². The van der Waals surface area contributed by atoms with Crippen LogP contribution in [-0.4, -0.2) is 36.9 Å². The Morgan fingerprint density at radius 1 is 1.32 bits per heavy atom. The maximum Gasteiger partial charge on any atom is 0.307 e. The second-order valence-electron chi connectivity index (χ2n) is 4.93. The van der Waals surface area contributed by atoms with Gasteiger partial charge < -0.3 is 5.11 Å². The van der Waals surface area contributed by atoms with E-state index in [2.05, 4.69) is 0 Å². The van der Waals surface area contributed by atoms with Crippen molar-refractivity contribution >= 4 is 16.0 Å². The van der Waals surface area contributed by atoms with Crippen LogP contribution in [0.3, 0.4) is 0 Å². The van der Waals surface area contributed by atoms with Gasteiger partial charge in [-0.05, 0) is 43.5 Å². The van der Waals surface area contributed by atoms with Crippen molar-refractivity contribution in [3.05, 3.63) is 29.3 Å². The number of aryl methyl sites for hydroxylation is 2. The number of aliphatic carboxylic acids is 1. The Morgan fingerprint density at radius 3 is 2.53 bits per heavy atom. The number of hydrogen-bond acceptors (Lipinski definition) is 3. The van der Waals surface area contributed by atoms with E-state index in [0.29, 0.717) is 6.42 Å². The van der Waals surface area contributed by atoms with E-state index in [1.54, 1.807) is 18.2 Å². The largest absolute Gasteiger partial charge is 0.481 e. The van der Waals surface area contributed by atoms with E-state index in [1.807, 2.05) is 13.8 Å². The van der Waals surface area contributed by atoms with E-state index in [4.69, 9.17) is 5.11 Å². The molecule has 5 nitrogen and oxygen atoms in total. The van der Waals surface area contributed by atoms with Gasteiger partial charge in [0, 0.05) is 13.1 Å². The van der Waals surface area contributed by atoms with Gasteiger partial charge in [0.1, 0.15) is 0 Å². The topological polar surface area (TPSA) is 74.7 Å². The third-order valence-corrected chi connectivity index (χ3v) is 5.48. The zero-order valence-corrected chi connectivity index (χ0v) is 11.8. The molecule has 2 rings (SSSR count). The normalized spacial score (nSPS) is 20.6. The van der Waals surface area contributed by atoms with Crippen molar-refractivity contribution in [2.45, 2.75) is 25.2 Å². The van der Waals surface area contributed by atoms with Crippen LogP contribution in [0.5, 0.6) is 0 Å². The molecule has 19 heavy (non-hydrogen) atoms. The van der Waals surface area contributed by atoms with Crippen LogP contribution in [0.2, 0.25) is 0 Å². The molecule has 0 aliphatic carbocycles. The lowest BCUT2D eigenvalue weighted by molar-refractivity contribution is -0.141. The predicted molar refractivity (Wildman–Crippen MR) is 70.4 cm³/mol. The van der Waals surface area contributed by atoms with Crippen molar-refractivity contribution in [2.24, 2.45) is 5.92 Å². The highest BCUT2D eigenvalue weighted by atomic mass is 32.2. The molecule has 104 valence electrons. The molecule has 1 N–H and O–H groups in total. The van der Waals surface area contributed by atoms with Gasteiger partial charge in [0.25, 0.3) is 0 Å². The van der Waals surface area contributed by atoms with E-state index >= 15 is 0 Å². The third kappa shape index (κ3) is 2.64. The van der Waals surface area contributed by atoms with Crippen molar-refractivity contribution < 1.29 is 18.3 Å². The van der Waals surface area contributed by atoms with Crippen molar-refractivity contribution in [2.75, 3.05) is 13.1 Å². The molecule has 0 unspecified atom stereocenters. The molecule has 0 saturated carbocycles. The second-order valence-corrected chi connectivity index (χ2v) is 6.87. The van der Waals surface area contributed by atoms with Gasteiger partial charge in [-0.15, -0.1) is 0 Å². The summed E-state index contributed by atoms with van der Waals surface area (Å²) in [5.41, 5.74) is 1.94. The highest BCUT2D eigenvalue weighted by Gasteiger charge is 2.35. The fourth-order valence-corrected chi connectivity index (χ4v) is 3.76. The minimum atomic E-state index is -3.57. The van der Waals surface area contributed by atoms with Crippen molar-refractivity contribution in [3.63, 3.8) is 0 Å². The molecule has 1 heterocycles. The molecule has 0 amide bonds. The zero-order chi connectivity index (χ0) is 14.2. The number of rotatable bonds is 3. The lowest BCUT2D eigenvalue weighted by Crippen LogP contribution is -2.30. The quantitative estimate of drug-likeness (QED) is 0.910. The predicted octanol–water partition coefficient (Wildman–Crippen LogP) is 1.40. The van der Waals surface area contributed by atoms with E-state index in [0.717, 1.165) is 11.1 Å². The summed E-state index contributed by atoms with van der Waals surface area (Å²) >= 11 is 0. The summed E-state index contributed by atoms with van der Waals surface area (Å²) in [7, 11) is -3.57. The van der Waals surface area contributed by atoms with E-state index in [9.17, 15) is 13.2 Å². The van der Waals surface area contributed by atoms with Crippen LogP contribution in [-0.2, 0) is 14.8 Å². The Balaban J connectivity index is 2.28. The summed E-state index contributed by atoms with van der Waals surface area (Å²) in [5, 5.41) is 8.93. The van der Waals surface area contributed by atoms with Gasteiger partial charge in [0.15, 0.2) is 0 Å². The molecule has 1 saturated heterocycles. The van der Waals surface area contributed by atoms with E-state index in [1.165, 1.54) is 4.31 Å². The Hall–Kier alpha value is -1.40.